The molecule has 0 bridgehead atoms. The van der Waals surface area contributed by atoms with Crippen molar-refractivity contribution in [2.24, 2.45) is 5.73 Å². The lowest BCUT2D eigenvalue weighted by atomic mass is 10.1. The summed E-state index contributed by atoms with van der Waals surface area (Å²) in [7, 11) is 1.46. The Hall–Kier alpha value is -2.32. The van der Waals surface area contributed by atoms with Crippen LogP contribution >= 0.6 is 0 Å². The first-order valence-corrected chi connectivity index (χ1v) is 8.45. The van der Waals surface area contributed by atoms with Crippen LogP contribution in [0.5, 0.6) is 5.75 Å². The van der Waals surface area contributed by atoms with Crippen molar-refractivity contribution in [1.29, 1.82) is 0 Å². The van der Waals surface area contributed by atoms with Crippen molar-refractivity contribution in [1.82, 2.24) is 10.2 Å². The average Bonchev–Trinajstić information content (AvgIpc) is 3.25. The summed E-state index contributed by atoms with van der Waals surface area (Å²) in [6.07, 6.45) is 2.38. The van der Waals surface area contributed by atoms with Crippen LogP contribution in [0.3, 0.4) is 0 Å². The number of ether oxygens (including phenoxy) is 2. The van der Waals surface area contributed by atoms with E-state index in [1.54, 1.807) is 12.1 Å². The van der Waals surface area contributed by atoms with Crippen LogP contribution in [0.25, 0.3) is 0 Å². The van der Waals surface area contributed by atoms with Crippen LogP contribution in [-0.2, 0) is 4.74 Å². The number of primary amides is 1. The number of likely N-dealkylation sites (tertiary alicyclic amines) is 1. The van der Waals surface area contributed by atoms with Gasteiger partial charge in [-0.15, -0.1) is 0 Å². The monoisotopic (exact) mass is 348 g/mol. The number of nitrogens with zero attached hydrogens (tertiary/aromatic N) is 1. The number of urea groups is 1. The predicted molar refractivity (Wildman–Crippen MR) is 92.9 cm³/mol. The summed E-state index contributed by atoms with van der Waals surface area (Å²) in [6, 6.07) is 4.59. The standard InChI is InChI=1S/C17H24N4O4/c1-24-15-5-4-11(8-12(15)16(18)22)19-17(23)20-13-9-25-10-14(13)21-6-2-3-7-21/h4-5,8,13-14H,2-3,6-7,9-10H2,1H3,(H2,18,22)(H2,19,20,23)/t13-,14-/m1/s1. The van der Waals surface area contributed by atoms with E-state index in [1.165, 1.54) is 26.0 Å². The lowest BCUT2D eigenvalue weighted by molar-refractivity contribution is 0.0997. The van der Waals surface area contributed by atoms with Gasteiger partial charge in [-0.1, -0.05) is 0 Å². The molecule has 2 saturated heterocycles. The third-order valence-electron chi connectivity index (χ3n) is 4.70. The van der Waals surface area contributed by atoms with E-state index in [1.807, 2.05) is 0 Å². The molecule has 0 spiro atoms. The van der Waals surface area contributed by atoms with E-state index in [4.69, 9.17) is 15.2 Å². The Morgan fingerprint density at radius 3 is 2.72 bits per heavy atom. The molecule has 2 heterocycles. The molecule has 2 aliphatic heterocycles. The normalized spacial score (nSPS) is 23.4. The number of anilines is 1. The van der Waals surface area contributed by atoms with Gasteiger partial charge in [-0.25, -0.2) is 4.79 Å². The van der Waals surface area contributed by atoms with Gasteiger partial charge in [-0.05, 0) is 44.1 Å². The van der Waals surface area contributed by atoms with Crippen LogP contribution < -0.4 is 21.1 Å². The second kappa shape index (κ2) is 7.71. The molecule has 3 amide bonds. The Morgan fingerprint density at radius 1 is 1.28 bits per heavy atom. The van der Waals surface area contributed by atoms with Crippen LogP contribution in [0.4, 0.5) is 10.5 Å². The highest BCUT2D eigenvalue weighted by molar-refractivity contribution is 5.98. The summed E-state index contributed by atoms with van der Waals surface area (Å²) in [5.41, 5.74) is 6.04. The van der Waals surface area contributed by atoms with E-state index in [0.29, 0.717) is 24.7 Å². The van der Waals surface area contributed by atoms with Gasteiger partial charge in [0.15, 0.2) is 0 Å². The smallest absolute Gasteiger partial charge is 0.319 e. The minimum absolute atomic E-state index is 0.0491. The topological polar surface area (TPSA) is 106 Å². The van der Waals surface area contributed by atoms with Gasteiger partial charge in [0.05, 0.1) is 38.0 Å². The highest BCUT2D eigenvalue weighted by atomic mass is 16.5. The van der Waals surface area contributed by atoms with E-state index in [2.05, 4.69) is 15.5 Å². The lowest BCUT2D eigenvalue weighted by Gasteiger charge is -2.27. The van der Waals surface area contributed by atoms with Crippen LogP contribution in [0, 0.1) is 0 Å². The van der Waals surface area contributed by atoms with Gasteiger partial charge in [-0.2, -0.15) is 0 Å². The number of hydrogen-bond acceptors (Lipinski definition) is 5. The molecule has 0 aliphatic carbocycles. The van der Waals surface area contributed by atoms with Gasteiger partial charge in [0.2, 0.25) is 0 Å². The minimum atomic E-state index is -0.612. The van der Waals surface area contributed by atoms with Crippen LogP contribution in [0.1, 0.15) is 23.2 Å². The Bertz CT molecular complexity index is 646. The summed E-state index contributed by atoms with van der Waals surface area (Å²) >= 11 is 0. The highest BCUT2D eigenvalue weighted by Crippen LogP contribution is 2.23. The molecule has 2 fully saturated rings. The number of carbonyl (C=O) groups is 2. The first kappa shape index (κ1) is 17.5. The minimum Gasteiger partial charge on any atom is -0.496 e. The zero-order valence-corrected chi connectivity index (χ0v) is 14.3. The molecular formula is C17H24N4O4. The van der Waals surface area contributed by atoms with Crippen molar-refractivity contribution < 1.29 is 19.1 Å². The number of nitrogens with one attached hydrogen (secondary N) is 2. The molecule has 0 saturated carbocycles. The van der Waals surface area contributed by atoms with Gasteiger partial charge in [0.25, 0.3) is 5.91 Å². The molecule has 8 heteroatoms. The van der Waals surface area contributed by atoms with E-state index in [-0.39, 0.29) is 23.7 Å². The van der Waals surface area contributed by atoms with E-state index in [9.17, 15) is 9.59 Å². The maximum Gasteiger partial charge on any atom is 0.319 e. The second-order valence-corrected chi connectivity index (χ2v) is 6.33. The zero-order valence-electron chi connectivity index (χ0n) is 14.3. The average molecular weight is 348 g/mol. The Morgan fingerprint density at radius 2 is 2.04 bits per heavy atom. The van der Waals surface area contributed by atoms with Crippen LogP contribution in [0.15, 0.2) is 18.2 Å². The highest BCUT2D eigenvalue weighted by Gasteiger charge is 2.35. The predicted octanol–water partition coefficient (Wildman–Crippen LogP) is 0.779. The third-order valence-corrected chi connectivity index (χ3v) is 4.70. The zero-order chi connectivity index (χ0) is 17.8. The summed E-state index contributed by atoms with van der Waals surface area (Å²) in [5, 5.41) is 5.71. The molecule has 0 radical (unpaired) electrons. The number of hydrogen-bond donors (Lipinski definition) is 3. The molecule has 136 valence electrons. The number of amides is 3. The summed E-state index contributed by atoms with van der Waals surface area (Å²) < 4.78 is 10.6. The fraction of sp³-hybridized carbons (Fsp3) is 0.529. The maximum absolute atomic E-state index is 12.3. The van der Waals surface area contributed by atoms with Crippen LogP contribution in [-0.4, -0.2) is 62.3 Å². The molecule has 1 aromatic carbocycles. The van der Waals surface area contributed by atoms with Gasteiger partial charge in [0, 0.05) is 5.69 Å². The van der Waals surface area contributed by atoms with Crippen molar-refractivity contribution >= 4 is 17.6 Å². The molecule has 3 rings (SSSR count). The van der Waals surface area contributed by atoms with Crippen molar-refractivity contribution in [2.45, 2.75) is 24.9 Å². The molecule has 25 heavy (non-hydrogen) atoms. The third kappa shape index (κ3) is 4.02. The second-order valence-electron chi connectivity index (χ2n) is 6.33. The number of nitrogens with two attached hydrogens (primary N) is 1. The fourth-order valence-electron chi connectivity index (χ4n) is 3.43. The Balaban J connectivity index is 1.62. The first-order chi connectivity index (χ1) is 12.1. The molecule has 4 N–H and O–H groups in total. The molecule has 0 unspecified atom stereocenters. The van der Waals surface area contributed by atoms with Crippen molar-refractivity contribution in [3.63, 3.8) is 0 Å². The molecule has 8 nitrogen and oxygen atoms in total. The molecule has 1 aromatic rings. The Kier molecular flexibility index (Phi) is 5.40. The number of carbonyl (C=O) groups excluding carboxylic acids is 2. The largest absolute Gasteiger partial charge is 0.496 e. The molecule has 2 aliphatic rings. The van der Waals surface area contributed by atoms with Gasteiger partial charge < -0.3 is 25.8 Å². The van der Waals surface area contributed by atoms with Gasteiger partial charge >= 0.3 is 6.03 Å². The van der Waals surface area contributed by atoms with E-state index >= 15 is 0 Å². The van der Waals surface area contributed by atoms with E-state index in [0.717, 1.165) is 13.1 Å². The fourth-order valence-corrected chi connectivity index (χ4v) is 3.43. The number of rotatable bonds is 5. The Labute approximate surface area is 146 Å². The quantitative estimate of drug-likeness (QED) is 0.729. The van der Waals surface area contributed by atoms with Crippen LogP contribution in [0.2, 0.25) is 0 Å². The van der Waals surface area contributed by atoms with Crippen molar-refractivity contribution in [3.05, 3.63) is 23.8 Å². The van der Waals surface area contributed by atoms with Gasteiger partial charge in [-0.3, -0.25) is 9.69 Å². The summed E-state index contributed by atoms with van der Waals surface area (Å²) in [6.45, 7) is 3.24. The number of methoxy groups -OCH3 is 1. The van der Waals surface area contributed by atoms with Gasteiger partial charge in [0.1, 0.15) is 5.75 Å². The first-order valence-electron chi connectivity index (χ1n) is 8.45. The summed E-state index contributed by atoms with van der Waals surface area (Å²) in [5.74, 6) is -0.240. The van der Waals surface area contributed by atoms with Crippen molar-refractivity contribution in [2.75, 3.05) is 38.7 Å². The lowest BCUT2D eigenvalue weighted by Crippen LogP contribution is -2.51. The summed E-state index contributed by atoms with van der Waals surface area (Å²) in [4.78, 5) is 26.2. The maximum atomic E-state index is 12.3. The molecule has 2 atom stereocenters. The molecular weight excluding hydrogens is 324 g/mol. The number of benzene rings is 1. The SMILES string of the molecule is COc1ccc(NC(=O)N[C@@H]2COC[C@H]2N2CCCC2)cc1C(N)=O. The molecule has 0 aromatic heterocycles. The van der Waals surface area contributed by atoms with Crippen molar-refractivity contribution in [3.8, 4) is 5.75 Å². The van der Waals surface area contributed by atoms with E-state index < -0.39 is 5.91 Å².